The number of rotatable bonds is 5. The predicted molar refractivity (Wildman–Crippen MR) is 91.9 cm³/mol. The zero-order valence-corrected chi connectivity index (χ0v) is 14.8. The van der Waals surface area contributed by atoms with E-state index in [1.54, 1.807) is 29.6 Å². The number of hydrogen-bond donors (Lipinski definition) is 3. The molecule has 1 aromatic rings. The van der Waals surface area contributed by atoms with Gasteiger partial charge in [0.15, 0.2) is 0 Å². The van der Waals surface area contributed by atoms with E-state index in [1.807, 2.05) is 0 Å². The molecule has 3 aliphatic heterocycles. The molecule has 0 aromatic heterocycles. The molecule has 1 spiro atoms. The van der Waals surface area contributed by atoms with Crippen LogP contribution >= 0.6 is 0 Å². The number of carbonyl (C=O) groups is 4. The molecule has 0 unspecified atom stereocenters. The lowest BCUT2D eigenvalue weighted by molar-refractivity contribution is -0.732. The molecular weight excluding hydrogens is 352 g/mol. The van der Waals surface area contributed by atoms with E-state index in [-0.39, 0.29) is 31.4 Å². The van der Waals surface area contributed by atoms with Crippen LogP contribution in [0.3, 0.4) is 0 Å². The maximum atomic E-state index is 13.2. The first kappa shape index (κ1) is 17.6. The third-order valence-electron chi connectivity index (χ3n) is 5.82. The van der Waals surface area contributed by atoms with Crippen LogP contribution in [-0.4, -0.2) is 54.8 Å². The summed E-state index contributed by atoms with van der Waals surface area (Å²) in [6, 6.07) is 6.54. The Morgan fingerprint density at radius 2 is 2.04 bits per heavy atom. The van der Waals surface area contributed by atoms with Crippen LogP contribution in [-0.2, 0) is 29.5 Å². The fourth-order valence-electron chi connectivity index (χ4n) is 4.80. The Hall–Kier alpha value is -2.78. The van der Waals surface area contributed by atoms with Crippen molar-refractivity contribution in [3.05, 3.63) is 29.8 Å². The SMILES string of the molecule is COCCN1C(=O)[C@@H]2[C@H](CC(N)=O)[NH2+][C@@]3(C(=O)Nc4ccccc43)[C@@H]2C1=O. The minimum absolute atomic E-state index is 0.0878. The van der Waals surface area contributed by atoms with Crippen LogP contribution in [0.15, 0.2) is 24.3 Å². The maximum Gasteiger partial charge on any atom is 0.291 e. The van der Waals surface area contributed by atoms with Gasteiger partial charge in [0.2, 0.25) is 23.3 Å². The molecule has 9 nitrogen and oxygen atoms in total. The number of carbonyl (C=O) groups excluding carboxylic acids is 4. The quantitative estimate of drug-likeness (QED) is 0.508. The maximum absolute atomic E-state index is 13.2. The molecule has 0 bridgehead atoms. The first-order valence-electron chi connectivity index (χ1n) is 8.81. The lowest BCUT2D eigenvalue weighted by Crippen LogP contribution is -2.99. The molecule has 5 N–H and O–H groups in total. The Labute approximate surface area is 155 Å². The molecule has 0 saturated carbocycles. The van der Waals surface area contributed by atoms with Crippen LogP contribution in [0.1, 0.15) is 12.0 Å². The van der Waals surface area contributed by atoms with E-state index in [0.29, 0.717) is 11.3 Å². The van der Waals surface area contributed by atoms with Crippen molar-refractivity contribution < 1.29 is 29.2 Å². The first-order valence-corrected chi connectivity index (χ1v) is 8.81. The van der Waals surface area contributed by atoms with Crippen LogP contribution in [0.4, 0.5) is 5.69 Å². The smallest absolute Gasteiger partial charge is 0.291 e. The molecule has 142 valence electrons. The Morgan fingerprint density at radius 3 is 2.74 bits per heavy atom. The van der Waals surface area contributed by atoms with Crippen molar-refractivity contribution in [2.45, 2.75) is 18.0 Å². The number of quaternary nitrogens is 1. The molecule has 1 aromatic carbocycles. The van der Waals surface area contributed by atoms with Gasteiger partial charge >= 0.3 is 0 Å². The number of benzene rings is 1. The molecule has 0 radical (unpaired) electrons. The molecule has 4 amide bonds. The number of methoxy groups -OCH3 is 1. The molecule has 0 aliphatic carbocycles. The van der Waals surface area contributed by atoms with E-state index >= 15 is 0 Å². The second-order valence-corrected chi connectivity index (χ2v) is 7.19. The summed E-state index contributed by atoms with van der Waals surface area (Å²) >= 11 is 0. The van der Waals surface area contributed by atoms with Crippen LogP contribution in [0.2, 0.25) is 0 Å². The molecule has 2 saturated heterocycles. The van der Waals surface area contributed by atoms with Gasteiger partial charge in [-0.1, -0.05) is 18.2 Å². The summed E-state index contributed by atoms with van der Waals surface area (Å²) in [5.41, 5.74) is 5.39. The van der Waals surface area contributed by atoms with Gasteiger partial charge in [0.1, 0.15) is 17.9 Å². The summed E-state index contributed by atoms with van der Waals surface area (Å²) in [5, 5.41) is 4.51. The number of hydrogen-bond acceptors (Lipinski definition) is 5. The van der Waals surface area contributed by atoms with Gasteiger partial charge in [-0.2, -0.15) is 0 Å². The van der Waals surface area contributed by atoms with Crippen molar-refractivity contribution >= 4 is 29.3 Å². The van der Waals surface area contributed by atoms with E-state index in [2.05, 4.69) is 5.32 Å². The monoisotopic (exact) mass is 373 g/mol. The zero-order chi connectivity index (χ0) is 19.3. The number of para-hydroxylation sites is 1. The predicted octanol–water partition coefficient (Wildman–Crippen LogP) is -2.10. The van der Waals surface area contributed by atoms with E-state index in [0.717, 1.165) is 4.90 Å². The highest BCUT2D eigenvalue weighted by Crippen LogP contribution is 2.49. The molecule has 3 heterocycles. The number of nitrogens with two attached hydrogens (primary N) is 2. The van der Waals surface area contributed by atoms with Gasteiger partial charge in [-0.25, -0.2) is 0 Å². The number of amides is 4. The van der Waals surface area contributed by atoms with Crippen molar-refractivity contribution in [1.82, 2.24) is 4.90 Å². The first-order chi connectivity index (χ1) is 12.9. The summed E-state index contributed by atoms with van der Waals surface area (Å²) in [5.74, 6) is -3.36. The summed E-state index contributed by atoms with van der Waals surface area (Å²) in [4.78, 5) is 52.0. The van der Waals surface area contributed by atoms with E-state index < -0.39 is 35.2 Å². The fraction of sp³-hybridized carbons (Fsp3) is 0.444. The van der Waals surface area contributed by atoms with Crippen LogP contribution in [0.25, 0.3) is 0 Å². The Kier molecular flexibility index (Phi) is 4.01. The number of ether oxygens (including phenoxy) is 1. The van der Waals surface area contributed by atoms with Gasteiger partial charge in [-0.15, -0.1) is 0 Å². The number of nitrogens with one attached hydrogen (secondary N) is 1. The third-order valence-corrected chi connectivity index (χ3v) is 5.82. The Bertz CT molecular complexity index is 856. The van der Waals surface area contributed by atoms with Gasteiger partial charge in [-0.05, 0) is 6.07 Å². The van der Waals surface area contributed by atoms with Gasteiger partial charge in [-0.3, -0.25) is 24.1 Å². The number of likely N-dealkylation sites (tertiary alicyclic amines) is 1. The van der Waals surface area contributed by atoms with Crippen molar-refractivity contribution in [2.75, 3.05) is 25.6 Å². The van der Waals surface area contributed by atoms with Crippen LogP contribution in [0, 0.1) is 11.8 Å². The highest BCUT2D eigenvalue weighted by molar-refractivity contribution is 6.14. The van der Waals surface area contributed by atoms with E-state index in [9.17, 15) is 19.2 Å². The number of anilines is 1. The minimum atomic E-state index is -1.27. The number of fused-ring (bicyclic) bond motifs is 4. The highest BCUT2D eigenvalue weighted by atomic mass is 16.5. The van der Waals surface area contributed by atoms with Crippen molar-refractivity contribution in [3.63, 3.8) is 0 Å². The van der Waals surface area contributed by atoms with Crippen molar-refractivity contribution in [3.8, 4) is 0 Å². The minimum Gasteiger partial charge on any atom is -0.383 e. The van der Waals surface area contributed by atoms with Gasteiger partial charge < -0.3 is 21.1 Å². The van der Waals surface area contributed by atoms with E-state index in [4.69, 9.17) is 10.5 Å². The lowest BCUT2D eigenvalue weighted by Gasteiger charge is -2.26. The zero-order valence-electron chi connectivity index (χ0n) is 14.8. The van der Waals surface area contributed by atoms with Gasteiger partial charge in [0.05, 0.1) is 25.3 Å². The second kappa shape index (κ2) is 6.14. The van der Waals surface area contributed by atoms with Gasteiger partial charge in [0.25, 0.3) is 5.91 Å². The highest BCUT2D eigenvalue weighted by Gasteiger charge is 2.74. The normalized spacial score (nSPS) is 31.4. The molecule has 9 heteroatoms. The Balaban J connectivity index is 1.83. The topological polar surface area (TPSA) is 135 Å². The largest absolute Gasteiger partial charge is 0.383 e. The average Bonchev–Trinajstić information content (AvgIpc) is 3.19. The number of imide groups is 1. The van der Waals surface area contributed by atoms with Gasteiger partial charge in [0, 0.05) is 12.7 Å². The second-order valence-electron chi connectivity index (χ2n) is 7.19. The molecule has 4 rings (SSSR count). The fourth-order valence-corrected chi connectivity index (χ4v) is 4.80. The summed E-state index contributed by atoms with van der Waals surface area (Å²) in [6.45, 7) is 0.320. The summed E-state index contributed by atoms with van der Waals surface area (Å²) < 4.78 is 5.00. The van der Waals surface area contributed by atoms with Crippen LogP contribution < -0.4 is 16.4 Å². The standard InChI is InChI=1S/C18H20N4O5/c1-27-7-6-22-15(24)13-11(8-12(19)23)21-18(14(13)16(22)25)9-4-2-3-5-10(9)20-17(18)26/h2-5,11,13-14,21H,6-8H2,1H3,(H2,19,23)(H,20,26)/p+1/t11-,13+,14-,18+/m0/s1. The molecular formula is C18H21N4O5+. The van der Waals surface area contributed by atoms with Crippen molar-refractivity contribution in [2.24, 2.45) is 17.6 Å². The number of primary amides is 1. The molecule has 2 fully saturated rings. The lowest BCUT2D eigenvalue weighted by atomic mass is 9.76. The molecule has 27 heavy (non-hydrogen) atoms. The summed E-state index contributed by atoms with van der Waals surface area (Å²) in [6.07, 6.45) is -0.0878. The Morgan fingerprint density at radius 1 is 1.30 bits per heavy atom. The molecule has 4 atom stereocenters. The number of nitrogens with zero attached hydrogens (tertiary/aromatic N) is 1. The summed E-state index contributed by atoms with van der Waals surface area (Å²) in [7, 11) is 1.48. The molecule has 3 aliphatic rings. The average molecular weight is 373 g/mol. The van der Waals surface area contributed by atoms with E-state index in [1.165, 1.54) is 7.11 Å². The van der Waals surface area contributed by atoms with Crippen molar-refractivity contribution in [1.29, 1.82) is 0 Å². The third kappa shape index (κ3) is 2.31. The van der Waals surface area contributed by atoms with Crippen LogP contribution in [0.5, 0.6) is 0 Å².